The highest BCUT2D eigenvalue weighted by Crippen LogP contribution is 2.41. The number of hydrogen-bond donors (Lipinski definition) is 3. The third-order valence-electron chi connectivity index (χ3n) is 6.37. The zero-order chi connectivity index (χ0) is 26.2. The standard InChI is InChI=1S/C29H23F3N2O3/c30-29(31,32)24-16-18(33)13-14-20(24)21-9-4-10-22-23(27(28(35)36)34-26(21)22)11-5-15-37-25-12-3-7-17-6-1-2-8-19(17)25/h1-4,6-10,12-14,16,34H,5,11,15,33H2,(H,35,36). The van der Waals surface area contributed by atoms with Crippen LogP contribution in [0.5, 0.6) is 5.75 Å². The van der Waals surface area contributed by atoms with E-state index in [1.54, 1.807) is 18.2 Å². The highest BCUT2D eigenvalue weighted by atomic mass is 19.4. The van der Waals surface area contributed by atoms with Crippen molar-refractivity contribution in [3.05, 3.63) is 95.7 Å². The lowest BCUT2D eigenvalue weighted by Gasteiger charge is -2.14. The zero-order valence-corrected chi connectivity index (χ0v) is 19.6. The molecule has 1 aromatic heterocycles. The van der Waals surface area contributed by atoms with Gasteiger partial charge in [0.1, 0.15) is 11.4 Å². The Labute approximate surface area is 210 Å². The maximum absolute atomic E-state index is 13.8. The van der Waals surface area contributed by atoms with E-state index in [0.29, 0.717) is 35.9 Å². The van der Waals surface area contributed by atoms with Gasteiger partial charge in [-0.05, 0) is 47.6 Å². The molecule has 0 radical (unpaired) electrons. The Hall–Kier alpha value is -4.46. The molecule has 0 unspecified atom stereocenters. The molecule has 0 aliphatic carbocycles. The number of aromatic amines is 1. The lowest BCUT2D eigenvalue weighted by molar-refractivity contribution is -0.137. The summed E-state index contributed by atoms with van der Waals surface area (Å²) >= 11 is 0. The third kappa shape index (κ3) is 4.70. The normalized spacial score (nSPS) is 11.8. The van der Waals surface area contributed by atoms with E-state index in [9.17, 15) is 23.1 Å². The Kier molecular flexibility index (Phi) is 6.25. The van der Waals surface area contributed by atoms with Gasteiger partial charge in [0.15, 0.2) is 0 Å². The van der Waals surface area contributed by atoms with Crippen molar-refractivity contribution >= 4 is 33.3 Å². The number of H-pyrrole nitrogens is 1. The van der Waals surface area contributed by atoms with Crippen LogP contribution in [-0.4, -0.2) is 22.7 Å². The Morgan fingerprint density at radius 1 is 0.919 bits per heavy atom. The number of halogens is 3. The van der Waals surface area contributed by atoms with Gasteiger partial charge in [0.05, 0.1) is 17.7 Å². The molecule has 0 bridgehead atoms. The number of alkyl halides is 3. The summed E-state index contributed by atoms with van der Waals surface area (Å²) in [5.74, 6) is -0.443. The number of ether oxygens (including phenoxy) is 1. The van der Waals surface area contributed by atoms with Crippen molar-refractivity contribution in [2.75, 3.05) is 12.3 Å². The average molecular weight is 505 g/mol. The zero-order valence-electron chi connectivity index (χ0n) is 19.6. The van der Waals surface area contributed by atoms with Crippen LogP contribution in [0, 0.1) is 0 Å². The molecule has 1 heterocycles. The molecule has 0 atom stereocenters. The molecule has 4 N–H and O–H groups in total. The predicted molar refractivity (Wildman–Crippen MR) is 138 cm³/mol. The van der Waals surface area contributed by atoms with Crippen molar-refractivity contribution in [2.24, 2.45) is 0 Å². The largest absolute Gasteiger partial charge is 0.493 e. The third-order valence-corrected chi connectivity index (χ3v) is 6.37. The Morgan fingerprint density at radius 3 is 2.43 bits per heavy atom. The van der Waals surface area contributed by atoms with Crippen molar-refractivity contribution in [3.63, 3.8) is 0 Å². The van der Waals surface area contributed by atoms with E-state index in [2.05, 4.69) is 4.98 Å². The maximum Gasteiger partial charge on any atom is 0.417 e. The van der Waals surface area contributed by atoms with Gasteiger partial charge >= 0.3 is 12.1 Å². The summed E-state index contributed by atoms with van der Waals surface area (Å²) in [7, 11) is 0. The van der Waals surface area contributed by atoms with E-state index in [-0.39, 0.29) is 22.5 Å². The minimum absolute atomic E-state index is 0.00663. The fraction of sp³-hybridized carbons (Fsp3) is 0.138. The second-order valence-corrected chi connectivity index (χ2v) is 8.74. The molecule has 0 fully saturated rings. The fourth-order valence-corrected chi connectivity index (χ4v) is 4.72. The molecule has 0 spiro atoms. The average Bonchev–Trinajstić information content (AvgIpc) is 3.25. The molecule has 5 aromatic rings. The van der Waals surface area contributed by atoms with Gasteiger partial charge in [-0.2, -0.15) is 13.2 Å². The lowest BCUT2D eigenvalue weighted by Crippen LogP contribution is -2.08. The lowest BCUT2D eigenvalue weighted by atomic mass is 9.95. The van der Waals surface area contributed by atoms with Crippen molar-refractivity contribution in [1.29, 1.82) is 0 Å². The number of hydrogen-bond acceptors (Lipinski definition) is 3. The molecule has 8 heteroatoms. The van der Waals surface area contributed by atoms with Gasteiger partial charge in [0.25, 0.3) is 0 Å². The summed E-state index contributed by atoms with van der Waals surface area (Å²) in [5.41, 5.74) is 5.74. The monoisotopic (exact) mass is 504 g/mol. The van der Waals surface area contributed by atoms with E-state index in [0.717, 1.165) is 22.6 Å². The second-order valence-electron chi connectivity index (χ2n) is 8.74. The summed E-state index contributed by atoms with van der Waals surface area (Å²) in [5, 5.41) is 12.4. The molecule has 5 nitrogen and oxygen atoms in total. The number of nitrogen functional groups attached to an aromatic ring is 1. The Balaban J connectivity index is 1.47. The van der Waals surface area contributed by atoms with Gasteiger partial charge in [-0.15, -0.1) is 0 Å². The van der Waals surface area contributed by atoms with Crippen molar-refractivity contribution in [3.8, 4) is 16.9 Å². The minimum atomic E-state index is -4.63. The number of nitrogens with one attached hydrogen (secondary N) is 1. The molecule has 4 aromatic carbocycles. The number of para-hydroxylation sites is 1. The highest BCUT2D eigenvalue weighted by molar-refractivity contribution is 6.03. The van der Waals surface area contributed by atoms with Gasteiger partial charge in [-0.25, -0.2) is 4.79 Å². The van der Waals surface area contributed by atoms with Crippen LogP contribution in [0.3, 0.4) is 0 Å². The molecular formula is C29H23F3N2O3. The molecule has 188 valence electrons. The fourth-order valence-electron chi connectivity index (χ4n) is 4.72. The first-order valence-electron chi connectivity index (χ1n) is 11.7. The van der Waals surface area contributed by atoms with Crippen LogP contribution in [0.25, 0.3) is 32.8 Å². The predicted octanol–water partition coefficient (Wildman–Crippen LogP) is 7.30. The van der Waals surface area contributed by atoms with Crippen LogP contribution in [0.15, 0.2) is 78.9 Å². The molecule has 0 aliphatic rings. The number of fused-ring (bicyclic) bond motifs is 2. The molecule has 0 aliphatic heterocycles. The first kappa shape index (κ1) is 24.2. The Morgan fingerprint density at radius 2 is 1.65 bits per heavy atom. The quantitative estimate of drug-likeness (QED) is 0.160. The van der Waals surface area contributed by atoms with Gasteiger partial charge in [-0.1, -0.05) is 60.7 Å². The first-order chi connectivity index (χ1) is 17.7. The second kappa shape index (κ2) is 9.54. The number of carboxylic acid groups (broad SMARTS) is 1. The minimum Gasteiger partial charge on any atom is -0.493 e. The van der Waals surface area contributed by atoms with Crippen LogP contribution >= 0.6 is 0 Å². The van der Waals surface area contributed by atoms with E-state index in [1.807, 2.05) is 42.5 Å². The van der Waals surface area contributed by atoms with Gasteiger partial charge in [-0.3, -0.25) is 0 Å². The molecule has 5 rings (SSSR count). The maximum atomic E-state index is 13.8. The van der Waals surface area contributed by atoms with E-state index < -0.39 is 17.7 Å². The molecule has 0 amide bonds. The SMILES string of the molecule is Nc1ccc(-c2cccc3c(CCCOc4cccc5ccccc45)c(C(=O)O)[nH]c23)c(C(F)(F)F)c1. The number of benzene rings is 4. The molecular weight excluding hydrogens is 481 g/mol. The molecule has 0 saturated heterocycles. The van der Waals surface area contributed by atoms with Gasteiger partial charge in [0, 0.05) is 22.0 Å². The summed E-state index contributed by atoms with van der Waals surface area (Å²) in [6, 6.07) is 22.1. The highest BCUT2D eigenvalue weighted by Gasteiger charge is 2.34. The van der Waals surface area contributed by atoms with Crippen LogP contribution in [0.2, 0.25) is 0 Å². The van der Waals surface area contributed by atoms with Crippen molar-refractivity contribution in [2.45, 2.75) is 19.0 Å². The van der Waals surface area contributed by atoms with Crippen LogP contribution in [-0.2, 0) is 12.6 Å². The van der Waals surface area contributed by atoms with E-state index in [1.165, 1.54) is 12.1 Å². The summed E-state index contributed by atoms with van der Waals surface area (Å²) in [6.45, 7) is 0.343. The van der Waals surface area contributed by atoms with Crippen molar-refractivity contribution in [1.82, 2.24) is 4.98 Å². The van der Waals surface area contributed by atoms with E-state index in [4.69, 9.17) is 10.5 Å². The summed E-state index contributed by atoms with van der Waals surface area (Å²) < 4.78 is 47.4. The van der Waals surface area contributed by atoms with Crippen LogP contribution < -0.4 is 10.5 Å². The molecule has 0 saturated carbocycles. The number of aromatic nitrogens is 1. The van der Waals surface area contributed by atoms with Gasteiger partial charge in [0.2, 0.25) is 0 Å². The van der Waals surface area contributed by atoms with E-state index >= 15 is 0 Å². The number of aromatic carboxylic acids is 1. The number of aryl methyl sites for hydroxylation is 1. The molecule has 37 heavy (non-hydrogen) atoms. The summed E-state index contributed by atoms with van der Waals surface area (Å²) in [6.07, 6.45) is -3.75. The first-order valence-corrected chi connectivity index (χ1v) is 11.7. The number of anilines is 1. The van der Waals surface area contributed by atoms with Gasteiger partial charge < -0.3 is 20.6 Å². The number of carbonyl (C=O) groups is 1. The van der Waals surface area contributed by atoms with Crippen molar-refractivity contribution < 1.29 is 27.8 Å². The van der Waals surface area contributed by atoms with Crippen LogP contribution in [0.1, 0.15) is 28.0 Å². The van der Waals surface area contributed by atoms with Crippen LogP contribution in [0.4, 0.5) is 18.9 Å². The number of nitrogens with two attached hydrogens (primary N) is 1. The Bertz CT molecular complexity index is 1620. The number of rotatable bonds is 7. The smallest absolute Gasteiger partial charge is 0.417 e. The topological polar surface area (TPSA) is 88.3 Å². The summed E-state index contributed by atoms with van der Waals surface area (Å²) in [4.78, 5) is 14.9. The number of carboxylic acids is 1.